The lowest BCUT2D eigenvalue weighted by molar-refractivity contribution is -0.117. The van der Waals surface area contributed by atoms with Crippen LogP contribution < -0.4 is 0 Å². The van der Waals surface area contributed by atoms with Gasteiger partial charge in [-0.25, -0.2) is 0 Å². The van der Waals surface area contributed by atoms with Gasteiger partial charge in [-0.2, -0.15) is 0 Å². The Morgan fingerprint density at radius 1 is 0.963 bits per heavy atom. The summed E-state index contributed by atoms with van der Waals surface area (Å²) >= 11 is 0. The summed E-state index contributed by atoms with van der Waals surface area (Å²) in [6.45, 7) is 29.4. The molecule has 0 bridgehead atoms. The summed E-state index contributed by atoms with van der Waals surface area (Å²) in [6, 6.07) is 0.750. The molecular formula is C24H54N2O. The molecule has 0 aromatic heterocycles. The minimum atomic E-state index is 0.750. The second-order valence-electron chi connectivity index (χ2n) is 6.21. The van der Waals surface area contributed by atoms with Crippen molar-refractivity contribution in [2.45, 2.75) is 87.6 Å². The van der Waals surface area contributed by atoms with E-state index in [0.29, 0.717) is 0 Å². The quantitative estimate of drug-likeness (QED) is 0.355. The van der Waals surface area contributed by atoms with E-state index in [1.165, 1.54) is 18.4 Å². The first-order valence-corrected chi connectivity index (χ1v) is 10.1. The predicted molar refractivity (Wildman–Crippen MR) is 131 cm³/mol. The Morgan fingerprint density at radius 3 is 1.33 bits per heavy atom. The topological polar surface area (TPSA) is 23.6 Å². The van der Waals surface area contributed by atoms with Crippen LogP contribution in [0.25, 0.3) is 0 Å². The Balaban J connectivity index is -0.0000000528. The Hall–Kier alpha value is -1.35. The maximum Gasteiger partial charge on any atom is 0.209 e. The van der Waals surface area contributed by atoms with Crippen molar-refractivity contribution in [2.24, 2.45) is 0 Å². The zero-order valence-corrected chi connectivity index (χ0v) is 21.1. The van der Waals surface area contributed by atoms with Crippen molar-refractivity contribution in [1.82, 2.24) is 9.80 Å². The van der Waals surface area contributed by atoms with Gasteiger partial charge in [-0.1, -0.05) is 51.8 Å². The summed E-state index contributed by atoms with van der Waals surface area (Å²) < 4.78 is 0. The largest absolute Gasteiger partial charge is 0.348 e. The highest BCUT2D eigenvalue weighted by Crippen LogP contribution is 1.99. The molecule has 27 heavy (non-hydrogen) atoms. The number of nitrogens with zero attached hydrogens (tertiary/aromatic N) is 2. The molecule has 0 saturated heterocycles. The fourth-order valence-electron chi connectivity index (χ4n) is 1.08. The molecule has 0 aromatic rings. The van der Waals surface area contributed by atoms with Crippen molar-refractivity contribution in [3.63, 3.8) is 0 Å². The van der Waals surface area contributed by atoms with E-state index in [1.807, 2.05) is 48.5 Å². The molecule has 0 fully saturated rings. The summed E-state index contributed by atoms with van der Waals surface area (Å²) in [7, 11) is 6.02. The number of rotatable bonds is 6. The van der Waals surface area contributed by atoms with Crippen molar-refractivity contribution >= 4 is 6.41 Å². The fourth-order valence-corrected chi connectivity index (χ4v) is 1.08. The van der Waals surface area contributed by atoms with Crippen molar-refractivity contribution in [2.75, 3.05) is 27.7 Å². The van der Waals surface area contributed by atoms with Crippen LogP contribution in [0.4, 0.5) is 0 Å². The lowest BCUT2D eigenvalue weighted by Gasteiger charge is -2.17. The van der Waals surface area contributed by atoms with Gasteiger partial charge in [0.15, 0.2) is 0 Å². The monoisotopic (exact) mass is 386 g/mol. The zero-order valence-electron chi connectivity index (χ0n) is 21.1. The Kier molecular flexibility index (Phi) is 66.2. The van der Waals surface area contributed by atoms with E-state index in [9.17, 15) is 4.79 Å². The predicted octanol–water partition coefficient (Wildman–Crippen LogP) is 7.21. The molecule has 0 N–H and O–H groups in total. The van der Waals surface area contributed by atoms with Crippen LogP contribution >= 0.6 is 0 Å². The summed E-state index contributed by atoms with van der Waals surface area (Å²) in [6.07, 6.45) is 7.98. The number of hydrogen-bond donors (Lipinski definition) is 0. The molecule has 1 atom stereocenters. The van der Waals surface area contributed by atoms with Crippen LogP contribution in [0, 0.1) is 0 Å². The molecule has 0 aromatic carbocycles. The summed E-state index contributed by atoms with van der Waals surface area (Å²) in [5.41, 5.74) is 1.17. The van der Waals surface area contributed by atoms with E-state index in [1.54, 1.807) is 24.1 Å². The van der Waals surface area contributed by atoms with Gasteiger partial charge in [-0.3, -0.25) is 4.79 Å². The lowest BCUT2D eigenvalue weighted by atomic mass is 10.2. The third kappa shape index (κ3) is 111. The molecule has 0 saturated carbocycles. The van der Waals surface area contributed by atoms with E-state index >= 15 is 0 Å². The average Bonchev–Trinajstić information content (AvgIpc) is 2.58. The number of amides is 1. The highest BCUT2D eigenvalue weighted by Gasteiger charge is 1.99. The maximum absolute atomic E-state index is 9.82. The number of carbonyl (C=O) groups is 1. The molecular weight excluding hydrogens is 332 g/mol. The highest BCUT2D eigenvalue weighted by atomic mass is 16.1. The van der Waals surface area contributed by atoms with Crippen LogP contribution in [0.5, 0.6) is 0 Å². The maximum atomic E-state index is 9.82. The van der Waals surface area contributed by atoms with Crippen LogP contribution in [-0.2, 0) is 4.79 Å². The van der Waals surface area contributed by atoms with E-state index in [4.69, 9.17) is 0 Å². The first-order chi connectivity index (χ1) is 12.5. The molecule has 3 heteroatoms. The lowest BCUT2D eigenvalue weighted by Crippen LogP contribution is -2.23. The summed E-state index contributed by atoms with van der Waals surface area (Å²) in [5.74, 6) is 0. The van der Waals surface area contributed by atoms with Crippen LogP contribution in [0.2, 0.25) is 0 Å². The minimum absolute atomic E-state index is 0.750. The van der Waals surface area contributed by atoms with Gasteiger partial charge in [-0.05, 0) is 61.6 Å². The molecule has 0 heterocycles. The minimum Gasteiger partial charge on any atom is -0.348 e. The molecule has 0 aliphatic heterocycles. The van der Waals surface area contributed by atoms with Crippen molar-refractivity contribution in [3.8, 4) is 0 Å². The van der Waals surface area contributed by atoms with Gasteiger partial charge in [-0.15, -0.1) is 19.7 Å². The fraction of sp³-hybridized carbons (Fsp3) is 0.708. The van der Waals surface area contributed by atoms with Gasteiger partial charge < -0.3 is 9.80 Å². The standard InChI is InChI=1S/C7H17N.C5H11NO.C4H8.2C3H6.C2H6/c1-5-6-7(2)8(3)4;1-3-4-6(2)5-7;1-4(2)3;2*1-3-2;1-2/h7H,5-6H2,1-4H3;5H,3-4H2,1-2H3;1H2,2-3H3;2*3H,1H2,2H3;1-2H3. The summed E-state index contributed by atoms with van der Waals surface area (Å²) in [4.78, 5) is 13.7. The Morgan fingerprint density at radius 2 is 1.26 bits per heavy atom. The van der Waals surface area contributed by atoms with Crippen LogP contribution in [0.1, 0.15) is 81.6 Å². The van der Waals surface area contributed by atoms with Gasteiger partial charge in [0, 0.05) is 19.6 Å². The highest BCUT2D eigenvalue weighted by molar-refractivity contribution is 5.46. The molecule has 1 amide bonds. The molecule has 166 valence electrons. The van der Waals surface area contributed by atoms with E-state index in [2.05, 4.69) is 52.6 Å². The van der Waals surface area contributed by atoms with Crippen molar-refractivity contribution in [1.29, 1.82) is 0 Å². The number of allylic oxidation sites excluding steroid dienone is 3. The molecule has 3 nitrogen and oxygen atoms in total. The SMILES string of the molecule is C=C(C)C.C=CC.C=CC.CC.CCCC(C)N(C)C.CCCN(C)C=O. The average molecular weight is 387 g/mol. The van der Waals surface area contributed by atoms with Crippen molar-refractivity contribution in [3.05, 3.63) is 37.5 Å². The normalized spacial score (nSPS) is 8.63. The molecule has 1 unspecified atom stereocenters. The van der Waals surface area contributed by atoms with Crippen LogP contribution in [0.15, 0.2) is 37.5 Å². The van der Waals surface area contributed by atoms with E-state index in [-0.39, 0.29) is 0 Å². The van der Waals surface area contributed by atoms with E-state index in [0.717, 1.165) is 25.4 Å². The Bertz CT molecular complexity index is 264. The molecule has 0 aliphatic carbocycles. The van der Waals surface area contributed by atoms with Gasteiger partial charge in [0.05, 0.1) is 0 Å². The van der Waals surface area contributed by atoms with E-state index < -0.39 is 0 Å². The molecule has 0 radical (unpaired) electrons. The second-order valence-corrected chi connectivity index (χ2v) is 6.21. The number of carbonyl (C=O) groups excluding carboxylic acids is 1. The van der Waals surface area contributed by atoms with Gasteiger partial charge in [0.25, 0.3) is 0 Å². The molecule has 0 rings (SSSR count). The van der Waals surface area contributed by atoms with Gasteiger partial charge in [0.1, 0.15) is 0 Å². The van der Waals surface area contributed by atoms with Crippen LogP contribution in [0.3, 0.4) is 0 Å². The zero-order chi connectivity index (χ0) is 23.3. The third-order valence-electron chi connectivity index (χ3n) is 2.34. The third-order valence-corrected chi connectivity index (χ3v) is 2.34. The van der Waals surface area contributed by atoms with Crippen LogP contribution in [-0.4, -0.2) is 49.9 Å². The summed E-state index contributed by atoms with van der Waals surface area (Å²) in [5, 5.41) is 0. The van der Waals surface area contributed by atoms with Gasteiger partial charge in [0.2, 0.25) is 6.41 Å². The first kappa shape index (κ1) is 40.4. The van der Waals surface area contributed by atoms with Crippen molar-refractivity contribution < 1.29 is 4.79 Å². The Labute approximate surface area is 174 Å². The second kappa shape index (κ2) is 44.3. The molecule has 0 aliphatic rings. The molecule has 0 spiro atoms. The first-order valence-electron chi connectivity index (χ1n) is 10.1. The van der Waals surface area contributed by atoms with Gasteiger partial charge >= 0.3 is 0 Å². The number of hydrogen-bond acceptors (Lipinski definition) is 2. The smallest absolute Gasteiger partial charge is 0.209 e.